The van der Waals surface area contributed by atoms with Crippen molar-refractivity contribution >= 4 is 33.2 Å². The average Bonchev–Trinajstić information content (AvgIpc) is 3.67. The van der Waals surface area contributed by atoms with Crippen molar-refractivity contribution in [2.45, 2.75) is 78.6 Å². The van der Waals surface area contributed by atoms with Crippen molar-refractivity contribution in [2.24, 2.45) is 0 Å². The Kier molecular flexibility index (Phi) is 9.29. The summed E-state index contributed by atoms with van der Waals surface area (Å²) in [7, 11) is 0. The van der Waals surface area contributed by atoms with Crippen LogP contribution in [0, 0.1) is 18.8 Å². The second-order valence-electron chi connectivity index (χ2n) is 16.1. The number of benzene rings is 4. The summed E-state index contributed by atoms with van der Waals surface area (Å²) in [5, 5.41) is 2.26. The Labute approximate surface area is 311 Å². The van der Waals surface area contributed by atoms with Gasteiger partial charge in [-0.3, -0.25) is 0 Å². The third-order valence-corrected chi connectivity index (χ3v) is 9.23. The molecule has 4 aromatic carbocycles. The second-order valence-corrected chi connectivity index (χ2v) is 16.1. The van der Waals surface area contributed by atoms with E-state index in [2.05, 4.69) is 169 Å². The molecule has 0 amide bonds. The molecule has 7 rings (SSSR count). The fourth-order valence-corrected chi connectivity index (χ4v) is 6.22. The molecule has 6 aromatic rings. The van der Waals surface area contributed by atoms with Crippen molar-refractivity contribution in [3.05, 3.63) is 139 Å². The Morgan fingerprint density at radius 2 is 1.28 bits per heavy atom. The van der Waals surface area contributed by atoms with Crippen molar-refractivity contribution in [3.8, 4) is 17.3 Å². The minimum Gasteiger partial charge on any atom is -0.509 e. The van der Waals surface area contributed by atoms with Crippen molar-refractivity contribution in [3.63, 3.8) is 0 Å². The van der Waals surface area contributed by atoms with Gasteiger partial charge in [0.1, 0.15) is 5.82 Å². The van der Waals surface area contributed by atoms with Crippen LogP contribution in [0.1, 0.15) is 79.0 Å². The fourth-order valence-electron chi connectivity index (χ4n) is 6.22. The van der Waals surface area contributed by atoms with Crippen LogP contribution in [0.5, 0.6) is 11.5 Å². The first-order chi connectivity index (χ1) is 23.1. The van der Waals surface area contributed by atoms with Gasteiger partial charge in [0.15, 0.2) is 0 Å². The van der Waals surface area contributed by atoms with Gasteiger partial charge < -0.3 is 19.1 Å². The predicted molar refractivity (Wildman–Crippen MR) is 204 cm³/mol. The molecule has 0 fully saturated rings. The Morgan fingerprint density at radius 3 is 1.98 bits per heavy atom. The standard InChI is InChI=1S/C44H45N4O.Pt/c1-42(2,3)30-19-20-45-41(26-30)48-39-16-11-10-15-37(39)38-18-17-36(28-40(38)48)49-35-14-12-13-33(27-35)46-21-22-47(29-46)34-24-31(43(4,5)6)23-32(25-34)44(7,8)9;/h10-26,29H,1-9H3;/q-3;. The number of fused-ring (bicyclic) bond motifs is 3. The number of hydrogen-bond donors (Lipinski definition) is 0. The van der Waals surface area contributed by atoms with Gasteiger partial charge in [-0.15, -0.1) is 48.1 Å². The van der Waals surface area contributed by atoms with E-state index in [-0.39, 0.29) is 37.3 Å². The van der Waals surface area contributed by atoms with Crippen LogP contribution >= 0.6 is 0 Å². The van der Waals surface area contributed by atoms with Crippen LogP contribution in [0.3, 0.4) is 0 Å². The zero-order chi connectivity index (χ0) is 34.7. The monoisotopic (exact) mass is 840 g/mol. The molecule has 0 aliphatic carbocycles. The molecule has 260 valence electrons. The number of aromatic nitrogens is 2. The zero-order valence-corrected chi connectivity index (χ0v) is 32.7. The molecule has 0 bridgehead atoms. The zero-order valence-electron chi connectivity index (χ0n) is 30.4. The molecule has 0 N–H and O–H groups in total. The van der Waals surface area contributed by atoms with E-state index in [0.717, 1.165) is 39.0 Å². The molecule has 0 atom stereocenters. The third-order valence-electron chi connectivity index (χ3n) is 9.23. The van der Waals surface area contributed by atoms with Crippen molar-refractivity contribution in [2.75, 3.05) is 9.80 Å². The fraction of sp³-hybridized carbons (Fsp3) is 0.273. The van der Waals surface area contributed by atoms with Gasteiger partial charge in [-0.05, 0) is 81.1 Å². The number of pyridine rings is 1. The van der Waals surface area contributed by atoms with E-state index in [1.807, 2.05) is 30.5 Å². The van der Waals surface area contributed by atoms with Crippen molar-refractivity contribution < 1.29 is 25.8 Å². The molecule has 0 saturated heterocycles. The molecule has 6 heteroatoms. The van der Waals surface area contributed by atoms with Gasteiger partial charge in [0.2, 0.25) is 0 Å². The van der Waals surface area contributed by atoms with Crippen LogP contribution < -0.4 is 14.5 Å². The molecule has 5 nitrogen and oxygen atoms in total. The number of ether oxygens (including phenoxy) is 1. The number of para-hydroxylation sites is 1. The number of rotatable bonds is 5. The summed E-state index contributed by atoms with van der Waals surface area (Å²) in [6.07, 6.45) is 6.05. The number of anilines is 2. The summed E-state index contributed by atoms with van der Waals surface area (Å²) in [5.41, 5.74) is 7.99. The molecule has 50 heavy (non-hydrogen) atoms. The summed E-state index contributed by atoms with van der Waals surface area (Å²) < 4.78 is 8.63. The molecule has 0 radical (unpaired) electrons. The Bertz CT molecular complexity index is 2180. The maximum absolute atomic E-state index is 6.45. The van der Waals surface area contributed by atoms with Gasteiger partial charge in [0.25, 0.3) is 0 Å². The first-order valence-corrected chi connectivity index (χ1v) is 17.0. The van der Waals surface area contributed by atoms with E-state index >= 15 is 0 Å². The van der Waals surface area contributed by atoms with Crippen molar-refractivity contribution in [1.29, 1.82) is 0 Å². The van der Waals surface area contributed by atoms with Crippen LogP contribution in [0.25, 0.3) is 27.6 Å². The van der Waals surface area contributed by atoms with E-state index in [4.69, 9.17) is 9.72 Å². The SMILES string of the molecule is CC(C)(C)c1cc(N2C=CN(c3[c-]c(Oc4[c-]c5c(cc4)c4ccccc4n5-c4cc(C(C)(C)C)ccn4)ccc3)[CH-]2)cc(C(C)(C)C)c1.[Pt]. The van der Waals surface area contributed by atoms with E-state index < -0.39 is 0 Å². The first kappa shape index (κ1) is 35.5. The number of nitrogens with zero attached hydrogens (tertiary/aromatic N) is 4. The van der Waals surface area contributed by atoms with Crippen LogP contribution in [0.15, 0.2) is 104 Å². The minimum absolute atomic E-state index is 0. The third kappa shape index (κ3) is 6.98. The summed E-state index contributed by atoms with van der Waals surface area (Å²) in [6, 6.07) is 36.8. The smallest absolute Gasteiger partial charge is 0.135 e. The van der Waals surface area contributed by atoms with Gasteiger partial charge >= 0.3 is 0 Å². The molecule has 0 unspecified atom stereocenters. The molecular weight excluding hydrogens is 796 g/mol. The maximum atomic E-state index is 6.45. The van der Waals surface area contributed by atoms with Crippen LogP contribution in [0.4, 0.5) is 11.4 Å². The molecule has 2 aromatic heterocycles. The van der Waals surface area contributed by atoms with Crippen LogP contribution in [-0.2, 0) is 37.3 Å². The van der Waals surface area contributed by atoms with E-state index in [1.165, 1.54) is 16.7 Å². The Hall–Kier alpha value is -4.34. The normalized spacial score (nSPS) is 13.7. The Balaban J connectivity index is 0.00000432. The van der Waals surface area contributed by atoms with E-state index in [1.54, 1.807) is 0 Å². The van der Waals surface area contributed by atoms with Crippen LogP contribution in [0.2, 0.25) is 0 Å². The second kappa shape index (κ2) is 13.1. The molecule has 1 aliphatic heterocycles. The minimum atomic E-state index is 0. The molecule has 1 aliphatic rings. The average molecular weight is 841 g/mol. The van der Waals surface area contributed by atoms with Gasteiger partial charge in [-0.2, -0.15) is 12.1 Å². The van der Waals surface area contributed by atoms with E-state index in [9.17, 15) is 0 Å². The van der Waals surface area contributed by atoms with Gasteiger partial charge in [-0.25, -0.2) is 4.98 Å². The Morgan fingerprint density at radius 1 is 0.620 bits per heavy atom. The molecular formula is C44H45N4OPt-3. The molecule has 0 spiro atoms. The van der Waals surface area contributed by atoms with Crippen LogP contribution in [-0.4, -0.2) is 9.55 Å². The van der Waals surface area contributed by atoms with E-state index in [0.29, 0.717) is 11.5 Å². The van der Waals surface area contributed by atoms with Gasteiger partial charge in [0, 0.05) is 50.0 Å². The summed E-state index contributed by atoms with van der Waals surface area (Å²) >= 11 is 0. The topological polar surface area (TPSA) is 33.5 Å². The first-order valence-electron chi connectivity index (χ1n) is 17.0. The molecule has 0 saturated carbocycles. The quantitative estimate of drug-likeness (QED) is 0.162. The summed E-state index contributed by atoms with van der Waals surface area (Å²) in [4.78, 5) is 9.05. The summed E-state index contributed by atoms with van der Waals surface area (Å²) in [6.45, 7) is 22.4. The maximum Gasteiger partial charge on any atom is 0.135 e. The summed E-state index contributed by atoms with van der Waals surface area (Å²) in [5.74, 6) is 2.10. The predicted octanol–water partition coefficient (Wildman–Crippen LogP) is 11.4. The number of hydrogen-bond acceptors (Lipinski definition) is 4. The molecule has 3 heterocycles. The van der Waals surface area contributed by atoms with Crippen molar-refractivity contribution in [1.82, 2.24) is 9.55 Å². The largest absolute Gasteiger partial charge is 0.509 e. The van der Waals surface area contributed by atoms with Gasteiger partial charge in [0.05, 0.1) is 0 Å². The van der Waals surface area contributed by atoms with Gasteiger partial charge in [-0.1, -0.05) is 92.1 Å².